The minimum Gasteiger partial charge on any atom is -0.490 e. The van der Waals surface area contributed by atoms with Gasteiger partial charge in [-0.05, 0) is 49.9 Å². The van der Waals surface area contributed by atoms with Gasteiger partial charge < -0.3 is 19.4 Å². The quantitative estimate of drug-likeness (QED) is 0.675. The van der Waals surface area contributed by atoms with E-state index in [9.17, 15) is 18.0 Å². The van der Waals surface area contributed by atoms with Gasteiger partial charge in [-0.1, -0.05) is 23.8 Å². The largest absolute Gasteiger partial charge is 0.490 e. The molecule has 0 fully saturated rings. The Hall–Kier alpha value is -3.23. The summed E-state index contributed by atoms with van der Waals surface area (Å²) in [6.07, 6.45) is 5.13. The predicted octanol–water partition coefficient (Wildman–Crippen LogP) is 4.83. The maximum absolute atomic E-state index is 12.5. The van der Waals surface area contributed by atoms with Crippen LogP contribution in [-0.4, -0.2) is 29.4 Å². The van der Waals surface area contributed by atoms with Crippen molar-refractivity contribution in [2.75, 3.05) is 19.0 Å². The first kappa shape index (κ1) is 22.5. The van der Waals surface area contributed by atoms with Crippen molar-refractivity contribution in [2.24, 2.45) is 0 Å². The molecule has 0 amide bonds. The molecule has 0 unspecified atom stereocenters. The Morgan fingerprint density at radius 2 is 1.97 bits per heavy atom. The van der Waals surface area contributed by atoms with Crippen molar-refractivity contribution < 1.29 is 22.6 Å². The van der Waals surface area contributed by atoms with Gasteiger partial charge in [0.1, 0.15) is 5.75 Å². The molecule has 6 nitrogen and oxygen atoms in total. The van der Waals surface area contributed by atoms with Gasteiger partial charge in [0, 0.05) is 12.2 Å². The number of aromatic nitrogens is 2. The van der Waals surface area contributed by atoms with E-state index in [1.54, 1.807) is 30.7 Å². The van der Waals surface area contributed by atoms with Gasteiger partial charge in [-0.25, -0.2) is 0 Å². The number of halogens is 3. The standard InChI is InChI=1S/C22H24F3N3O3/c1-14-10-18(31-13-22(23,24)25)15(2)9-17(14)26-21-27-20(29)19(30-3)12-28(21)11-16-7-5-4-6-8-16/h4-5,7,9-10,12H,6,8,11,13H2,1-3H3,(H,26,27,29). The van der Waals surface area contributed by atoms with Crippen LogP contribution in [-0.2, 0) is 6.54 Å². The van der Waals surface area contributed by atoms with Gasteiger partial charge in [0.2, 0.25) is 11.7 Å². The first-order chi connectivity index (χ1) is 14.7. The number of ether oxygens (including phenoxy) is 2. The van der Waals surface area contributed by atoms with Gasteiger partial charge in [-0.15, -0.1) is 0 Å². The zero-order valence-corrected chi connectivity index (χ0v) is 17.5. The molecule has 2 aromatic rings. The van der Waals surface area contributed by atoms with E-state index in [2.05, 4.69) is 16.4 Å². The molecule has 1 aromatic heterocycles. The topological polar surface area (TPSA) is 65.4 Å². The molecule has 9 heteroatoms. The van der Waals surface area contributed by atoms with E-state index >= 15 is 0 Å². The van der Waals surface area contributed by atoms with Crippen molar-refractivity contribution in [1.29, 1.82) is 0 Å². The average molecular weight is 435 g/mol. The van der Waals surface area contributed by atoms with Gasteiger partial charge in [0.05, 0.1) is 13.3 Å². The van der Waals surface area contributed by atoms with Crippen LogP contribution < -0.4 is 20.3 Å². The van der Waals surface area contributed by atoms with Gasteiger partial charge in [-0.3, -0.25) is 4.79 Å². The Morgan fingerprint density at radius 1 is 1.19 bits per heavy atom. The molecule has 0 radical (unpaired) electrons. The fraction of sp³-hybridized carbons (Fsp3) is 0.364. The highest BCUT2D eigenvalue weighted by atomic mass is 19.4. The summed E-state index contributed by atoms with van der Waals surface area (Å²) in [5, 5.41) is 3.14. The maximum atomic E-state index is 12.5. The smallest absolute Gasteiger partial charge is 0.422 e. The molecule has 0 saturated heterocycles. The SMILES string of the molecule is COc1cn(CC2=CC=CCC2)c(Nc2cc(C)c(OCC(F)(F)F)cc2C)nc1=O. The number of methoxy groups -OCH3 is 1. The fourth-order valence-electron chi connectivity index (χ4n) is 3.20. The molecule has 1 N–H and O–H groups in total. The second kappa shape index (κ2) is 9.28. The Kier molecular flexibility index (Phi) is 6.72. The summed E-state index contributed by atoms with van der Waals surface area (Å²) in [6, 6.07) is 3.20. The van der Waals surface area contributed by atoms with Crippen LogP contribution in [0.5, 0.6) is 11.5 Å². The molecule has 166 valence electrons. The van der Waals surface area contributed by atoms with Gasteiger partial charge >= 0.3 is 11.7 Å². The third-order valence-corrected chi connectivity index (χ3v) is 4.82. The second-order valence-corrected chi connectivity index (χ2v) is 7.32. The zero-order chi connectivity index (χ0) is 22.6. The van der Waals surface area contributed by atoms with Crippen molar-refractivity contribution in [3.8, 4) is 11.5 Å². The molecule has 1 aromatic carbocycles. The summed E-state index contributed by atoms with van der Waals surface area (Å²) in [5.41, 5.74) is 2.44. The molecule has 1 aliphatic rings. The lowest BCUT2D eigenvalue weighted by Gasteiger charge is -2.19. The Bertz CT molecular complexity index is 1070. The molecule has 0 bridgehead atoms. The third-order valence-electron chi connectivity index (χ3n) is 4.82. The van der Waals surface area contributed by atoms with Gasteiger partial charge in [0.15, 0.2) is 6.61 Å². The first-order valence-electron chi connectivity index (χ1n) is 9.74. The molecule has 0 spiro atoms. The summed E-state index contributed by atoms with van der Waals surface area (Å²) in [5.74, 6) is 0.591. The third kappa shape index (κ3) is 5.90. The van der Waals surface area contributed by atoms with Crippen LogP contribution in [0.3, 0.4) is 0 Å². The minimum absolute atomic E-state index is 0.126. The van der Waals surface area contributed by atoms with Crippen LogP contribution in [0, 0.1) is 13.8 Å². The summed E-state index contributed by atoms with van der Waals surface area (Å²) in [6.45, 7) is 2.55. The van der Waals surface area contributed by atoms with E-state index < -0.39 is 18.3 Å². The zero-order valence-electron chi connectivity index (χ0n) is 17.5. The second-order valence-electron chi connectivity index (χ2n) is 7.32. The summed E-state index contributed by atoms with van der Waals surface area (Å²) < 4.78 is 49.3. The monoisotopic (exact) mass is 435 g/mol. The first-order valence-corrected chi connectivity index (χ1v) is 9.74. The van der Waals surface area contributed by atoms with Crippen molar-refractivity contribution in [1.82, 2.24) is 9.55 Å². The lowest BCUT2D eigenvalue weighted by molar-refractivity contribution is -0.153. The minimum atomic E-state index is -4.41. The molecule has 3 rings (SSSR count). The Morgan fingerprint density at radius 3 is 2.61 bits per heavy atom. The number of anilines is 2. The molecule has 1 aliphatic carbocycles. The number of aryl methyl sites for hydroxylation is 2. The number of hydrogen-bond donors (Lipinski definition) is 1. The molecule has 0 aliphatic heterocycles. The van der Waals surface area contributed by atoms with Crippen LogP contribution in [0.15, 0.2) is 46.9 Å². The van der Waals surface area contributed by atoms with Crippen LogP contribution in [0.25, 0.3) is 0 Å². The van der Waals surface area contributed by atoms with Gasteiger partial charge in [-0.2, -0.15) is 18.2 Å². The van der Waals surface area contributed by atoms with Crippen molar-refractivity contribution in [3.05, 3.63) is 63.6 Å². The van der Waals surface area contributed by atoms with Crippen LogP contribution in [0.4, 0.5) is 24.8 Å². The molecule has 0 saturated carbocycles. The molecular weight excluding hydrogens is 411 g/mol. The highest BCUT2D eigenvalue weighted by Crippen LogP contribution is 2.30. The van der Waals surface area contributed by atoms with E-state index in [1.807, 2.05) is 12.2 Å². The predicted molar refractivity (Wildman–Crippen MR) is 112 cm³/mol. The van der Waals surface area contributed by atoms with E-state index in [1.165, 1.54) is 18.7 Å². The summed E-state index contributed by atoms with van der Waals surface area (Å²) in [7, 11) is 1.41. The normalized spacial score (nSPS) is 13.7. The summed E-state index contributed by atoms with van der Waals surface area (Å²) in [4.78, 5) is 16.4. The van der Waals surface area contributed by atoms with E-state index in [0.29, 0.717) is 29.3 Å². The van der Waals surface area contributed by atoms with Crippen molar-refractivity contribution in [3.63, 3.8) is 0 Å². The Labute approximate surface area is 178 Å². The van der Waals surface area contributed by atoms with Crippen molar-refractivity contribution >= 4 is 11.6 Å². The number of nitrogens with one attached hydrogen (secondary N) is 1. The summed E-state index contributed by atoms with van der Waals surface area (Å²) >= 11 is 0. The number of allylic oxidation sites excluding steroid dienone is 4. The van der Waals surface area contributed by atoms with Crippen LogP contribution in [0.1, 0.15) is 24.0 Å². The van der Waals surface area contributed by atoms with E-state index in [-0.39, 0.29) is 11.5 Å². The molecule has 31 heavy (non-hydrogen) atoms. The van der Waals surface area contributed by atoms with E-state index in [0.717, 1.165) is 12.8 Å². The number of nitrogens with zero attached hydrogens (tertiary/aromatic N) is 2. The maximum Gasteiger partial charge on any atom is 0.422 e. The van der Waals surface area contributed by atoms with Crippen LogP contribution in [0.2, 0.25) is 0 Å². The number of alkyl halides is 3. The molecule has 1 heterocycles. The molecule has 0 atom stereocenters. The lowest BCUT2D eigenvalue weighted by Crippen LogP contribution is -2.20. The Balaban J connectivity index is 1.91. The number of hydrogen-bond acceptors (Lipinski definition) is 5. The fourth-order valence-corrected chi connectivity index (χ4v) is 3.20. The average Bonchev–Trinajstić information content (AvgIpc) is 2.71. The van der Waals surface area contributed by atoms with Crippen LogP contribution >= 0.6 is 0 Å². The van der Waals surface area contributed by atoms with Gasteiger partial charge in [0.25, 0.3) is 0 Å². The highest BCUT2D eigenvalue weighted by Gasteiger charge is 2.28. The highest BCUT2D eigenvalue weighted by molar-refractivity contribution is 5.62. The van der Waals surface area contributed by atoms with E-state index in [4.69, 9.17) is 9.47 Å². The molecular formula is C22H24F3N3O3. The number of rotatable bonds is 7. The lowest BCUT2D eigenvalue weighted by atomic mass is 10.1. The number of benzene rings is 1. The van der Waals surface area contributed by atoms with Crippen molar-refractivity contribution in [2.45, 2.75) is 39.4 Å².